The zero-order valence-electron chi connectivity index (χ0n) is 10.5. The van der Waals surface area contributed by atoms with Gasteiger partial charge in [0.25, 0.3) is 0 Å². The second-order valence-electron chi connectivity index (χ2n) is 5.08. The van der Waals surface area contributed by atoms with Gasteiger partial charge in [0.1, 0.15) is 6.08 Å². The van der Waals surface area contributed by atoms with Crippen molar-refractivity contribution >= 4 is 6.08 Å². The summed E-state index contributed by atoms with van der Waals surface area (Å²) in [5.41, 5.74) is -0.481. The Kier molecular flexibility index (Phi) is 4.56. The quantitative estimate of drug-likeness (QED) is 0.488. The molecule has 0 aliphatic carbocycles. The van der Waals surface area contributed by atoms with E-state index in [1.165, 1.54) is 0 Å². The third-order valence-corrected chi connectivity index (χ3v) is 2.16. The van der Waals surface area contributed by atoms with Crippen LogP contribution in [-0.4, -0.2) is 56.0 Å². The first kappa shape index (κ1) is 13.3. The molecular weight excluding hydrogens is 208 g/mol. The second-order valence-corrected chi connectivity index (χ2v) is 5.08. The van der Waals surface area contributed by atoms with E-state index in [1.807, 2.05) is 27.8 Å². The number of hydrogen-bond acceptors (Lipinski definition) is 5. The molecule has 0 saturated carbocycles. The smallest absolute Gasteiger partial charge is 0.145 e. The van der Waals surface area contributed by atoms with Crippen LogP contribution < -0.4 is 5.11 Å². The normalized spacial score (nSPS) is 24.5. The fourth-order valence-electron chi connectivity index (χ4n) is 1.45. The van der Waals surface area contributed by atoms with Gasteiger partial charge in [0.15, 0.2) is 0 Å². The molecule has 1 rings (SSSR count). The van der Waals surface area contributed by atoms with Gasteiger partial charge in [-0.15, -0.1) is 0 Å². The van der Waals surface area contributed by atoms with E-state index >= 15 is 0 Å². The minimum atomic E-state index is -0.510. The van der Waals surface area contributed by atoms with Crippen molar-refractivity contribution in [2.75, 3.05) is 33.3 Å². The molecule has 1 atom stereocenters. The van der Waals surface area contributed by atoms with Crippen LogP contribution in [0.4, 0.5) is 0 Å². The summed E-state index contributed by atoms with van der Waals surface area (Å²) in [6, 6.07) is 0. The van der Waals surface area contributed by atoms with Crippen LogP contribution in [0, 0.1) is 0 Å². The predicted molar refractivity (Wildman–Crippen MR) is 60.4 cm³/mol. The van der Waals surface area contributed by atoms with Crippen molar-refractivity contribution in [3.63, 3.8) is 0 Å². The first-order valence-corrected chi connectivity index (χ1v) is 5.57. The number of ether oxygens (including phenoxy) is 2. The van der Waals surface area contributed by atoms with Gasteiger partial charge < -0.3 is 19.5 Å². The Labute approximate surface area is 97.1 Å². The van der Waals surface area contributed by atoms with Crippen LogP contribution >= 0.6 is 0 Å². The molecule has 0 radical (unpaired) electrons. The monoisotopic (exact) mass is 229 g/mol. The van der Waals surface area contributed by atoms with Gasteiger partial charge in [-0.25, -0.2) is 0 Å². The van der Waals surface area contributed by atoms with Gasteiger partial charge in [0.2, 0.25) is 0 Å². The highest BCUT2D eigenvalue weighted by molar-refractivity contribution is 5.62. The fourth-order valence-corrected chi connectivity index (χ4v) is 1.45. The molecule has 1 heterocycles. The van der Waals surface area contributed by atoms with Crippen molar-refractivity contribution in [3.05, 3.63) is 0 Å². The fraction of sp³-hybridized carbons (Fsp3) is 0.909. The van der Waals surface area contributed by atoms with Gasteiger partial charge in [0, 0.05) is 18.7 Å². The van der Waals surface area contributed by atoms with Crippen LogP contribution in [0.2, 0.25) is 0 Å². The molecule has 16 heavy (non-hydrogen) atoms. The summed E-state index contributed by atoms with van der Waals surface area (Å²) in [6.07, 6.45) is -0.504. The van der Waals surface area contributed by atoms with Gasteiger partial charge in [0.05, 0.1) is 19.3 Å². The van der Waals surface area contributed by atoms with Crippen LogP contribution in [0.25, 0.3) is 0 Å². The first-order valence-electron chi connectivity index (χ1n) is 5.57. The van der Waals surface area contributed by atoms with Gasteiger partial charge >= 0.3 is 0 Å². The van der Waals surface area contributed by atoms with Crippen molar-refractivity contribution in [1.82, 2.24) is 4.90 Å². The number of hydrogen-bond donors (Lipinski definition) is 0. The summed E-state index contributed by atoms with van der Waals surface area (Å²) in [5.74, 6) is 0. The minimum Gasteiger partial charge on any atom is -0.595 e. The van der Waals surface area contributed by atoms with E-state index < -0.39 is 11.7 Å². The summed E-state index contributed by atoms with van der Waals surface area (Å²) >= 11 is 0. The van der Waals surface area contributed by atoms with E-state index in [-0.39, 0.29) is 6.10 Å². The van der Waals surface area contributed by atoms with E-state index in [0.29, 0.717) is 13.2 Å². The number of likely N-dealkylation sites (N-methyl/N-ethyl adjacent to an activating group) is 1. The average Bonchev–Trinajstić information content (AvgIpc) is 2.12. The van der Waals surface area contributed by atoms with Crippen molar-refractivity contribution in [1.29, 1.82) is 0 Å². The average molecular weight is 229 g/mol. The number of morpholine rings is 1. The first-order chi connectivity index (χ1) is 7.37. The predicted octanol–water partition coefficient (Wildman–Crippen LogP) is -0.152. The van der Waals surface area contributed by atoms with Gasteiger partial charge in [-0.2, -0.15) is 0 Å². The lowest BCUT2D eigenvalue weighted by molar-refractivity contribution is -0.260. The maximum atomic E-state index is 11.3. The molecule has 0 aromatic carbocycles. The molecule has 1 aliphatic rings. The SMILES string of the molecule is CN1CCOC(CN=C([O-])OC(C)(C)C)C1. The summed E-state index contributed by atoms with van der Waals surface area (Å²) < 4.78 is 10.6. The van der Waals surface area contributed by atoms with Crippen molar-refractivity contribution in [2.45, 2.75) is 32.5 Å². The molecule has 5 heteroatoms. The Balaban J connectivity index is 2.34. The summed E-state index contributed by atoms with van der Waals surface area (Å²) in [6.45, 7) is 8.29. The Morgan fingerprint density at radius 1 is 1.56 bits per heavy atom. The van der Waals surface area contributed by atoms with Crippen LogP contribution in [0.15, 0.2) is 4.99 Å². The van der Waals surface area contributed by atoms with Crippen LogP contribution in [-0.2, 0) is 9.47 Å². The zero-order chi connectivity index (χ0) is 12.2. The highest BCUT2D eigenvalue weighted by Crippen LogP contribution is 2.07. The molecule has 0 amide bonds. The molecule has 0 bridgehead atoms. The van der Waals surface area contributed by atoms with Gasteiger partial charge in [-0.05, 0) is 7.05 Å². The largest absolute Gasteiger partial charge is 0.595 e. The maximum absolute atomic E-state index is 11.3. The molecule has 0 N–H and O–H groups in total. The van der Waals surface area contributed by atoms with E-state index in [4.69, 9.17) is 9.47 Å². The van der Waals surface area contributed by atoms with Crippen LogP contribution in [0.3, 0.4) is 0 Å². The van der Waals surface area contributed by atoms with E-state index in [0.717, 1.165) is 13.1 Å². The van der Waals surface area contributed by atoms with E-state index in [9.17, 15) is 5.11 Å². The lowest BCUT2D eigenvalue weighted by atomic mass is 10.2. The Morgan fingerprint density at radius 2 is 2.25 bits per heavy atom. The summed E-state index contributed by atoms with van der Waals surface area (Å²) in [4.78, 5) is 6.02. The number of rotatable bonds is 2. The maximum Gasteiger partial charge on any atom is 0.145 e. The highest BCUT2D eigenvalue weighted by Gasteiger charge is 2.16. The van der Waals surface area contributed by atoms with Crippen LogP contribution in [0.1, 0.15) is 20.8 Å². The van der Waals surface area contributed by atoms with Crippen molar-refractivity contribution in [3.8, 4) is 0 Å². The van der Waals surface area contributed by atoms with Gasteiger partial charge in [-0.3, -0.25) is 4.99 Å². The van der Waals surface area contributed by atoms with Crippen LogP contribution in [0.5, 0.6) is 0 Å². The summed E-state index contributed by atoms with van der Waals surface area (Å²) in [7, 11) is 2.03. The zero-order valence-corrected chi connectivity index (χ0v) is 10.5. The molecule has 1 fully saturated rings. The van der Waals surface area contributed by atoms with E-state index in [1.54, 1.807) is 0 Å². The molecule has 94 valence electrons. The molecule has 0 spiro atoms. The lowest BCUT2D eigenvalue weighted by Gasteiger charge is -2.31. The highest BCUT2D eigenvalue weighted by atomic mass is 16.6. The van der Waals surface area contributed by atoms with E-state index in [2.05, 4.69) is 9.89 Å². The second kappa shape index (κ2) is 5.50. The topological polar surface area (TPSA) is 57.1 Å². The molecule has 0 aromatic rings. The molecule has 5 nitrogen and oxygen atoms in total. The minimum absolute atomic E-state index is 0.00580. The molecule has 1 unspecified atom stereocenters. The third kappa shape index (κ3) is 5.32. The summed E-state index contributed by atoms with van der Waals surface area (Å²) in [5, 5.41) is 11.3. The van der Waals surface area contributed by atoms with Gasteiger partial charge in [-0.1, -0.05) is 20.8 Å². The number of nitrogens with zero attached hydrogens (tertiary/aromatic N) is 2. The van der Waals surface area contributed by atoms with Crippen molar-refractivity contribution in [2.24, 2.45) is 4.99 Å². The lowest BCUT2D eigenvalue weighted by Crippen LogP contribution is -2.42. The molecular formula is C11H21N2O3-. The molecule has 1 aliphatic heterocycles. The molecule has 1 saturated heterocycles. The molecule has 0 aromatic heterocycles. The Morgan fingerprint density at radius 3 is 2.81 bits per heavy atom. The Hall–Kier alpha value is -0.810. The standard InChI is InChI=1S/C11H22N2O3/c1-11(2,3)16-10(14)12-7-9-8-13(4)5-6-15-9/h9H,5-8H2,1-4H3,(H,12,14)/p-1. The third-order valence-electron chi connectivity index (χ3n) is 2.16. The Bertz CT molecular complexity index is 248. The van der Waals surface area contributed by atoms with Crippen molar-refractivity contribution < 1.29 is 14.6 Å². The number of aliphatic imine (C=N–C) groups is 1.